The second kappa shape index (κ2) is 4.90. The highest BCUT2D eigenvalue weighted by molar-refractivity contribution is 5.68. The average Bonchev–Trinajstić information content (AvgIpc) is 2.94. The average molecular weight is 286 g/mol. The summed E-state index contributed by atoms with van der Waals surface area (Å²) in [7, 11) is 0. The molecule has 21 heavy (non-hydrogen) atoms. The van der Waals surface area contributed by atoms with Gasteiger partial charge < -0.3 is 14.7 Å². The molecule has 1 heterocycles. The second-order valence-electron chi connectivity index (χ2n) is 4.56. The van der Waals surface area contributed by atoms with Crippen LogP contribution >= 0.6 is 0 Å². The van der Waals surface area contributed by atoms with Gasteiger partial charge in [-0.15, -0.1) is 0 Å². The third-order valence-electron chi connectivity index (χ3n) is 3.10. The Labute approximate surface area is 119 Å². The van der Waals surface area contributed by atoms with Crippen molar-refractivity contribution >= 4 is 0 Å². The SMILES string of the molecule is Cc1ccc(-c2noc(-c3cccc(O)c3O)n2)cc1F. The molecule has 0 radical (unpaired) electrons. The van der Waals surface area contributed by atoms with E-state index in [0.717, 1.165) is 0 Å². The van der Waals surface area contributed by atoms with Gasteiger partial charge in [0.25, 0.3) is 5.89 Å². The van der Waals surface area contributed by atoms with E-state index >= 15 is 0 Å². The molecule has 2 aromatic carbocycles. The number of nitrogens with zero attached hydrogens (tertiary/aromatic N) is 2. The predicted octanol–water partition coefficient (Wildman–Crippen LogP) is 3.26. The molecule has 0 amide bonds. The minimum atomic E-state index is -0.362. The Balaban J connectivity index is 2.03. The highest BCUT2D eigenvalue weighted by atomic mass is 19.1. The molecule has 0 fully saturated rings. The van der Waals surface area contributed by atoms with Crippen molar-refractivity contribution in [2.24, 2.45) is 0 Å². The molecular weight excluding hydrogens is 275 g/mol. The topological polar surface area (TPSA) is 79.4 Å². The Bertz CT molecular complexity index is 814. The number of phenolic OH excluding ortho intramolecular Hbond substituents is 2. The summed E-state index contributed by atoms with van der Waals surface area (Å²) in [6.07, 6.45) is 0. The van der Waals surface area contributed by atoms with E-state index in [1.165, 1.54) is 18.2 Å². The maximum Gasteiger partial charge on any atom is 0.262 e. The van der Waals surface area contributed by atoms with Gasteiger partial charge in [-0.05, 0) is 30.7 Å². The van der Waals surface area contributed by atoms with Gasteiger partial charge in [0.15, 0.2) is 11.5 Å². The van der Waals surface area contributed by atoms with Crippen LogP contribution in [-0.4, -0.2) is 20.4 Å². The van der Waals surface area contributed by atoms with Crippen LogP contribution in [-0.2, 0) is 0 Å². The maximum atomic E-state index is 13.6. The predicted molar refractivity (Wildman–Crippen MR) is 73.2 cm³/mol. The van der Waals surface area contributed by atoms with Crippen LogP contribution < -0.4 is 0 Å². The quantitative estimate of drug-likeness (QED) is 0.707. The maximum absolute atomic E-state index is 13.6. The Morgan fingerprint density at radius 2 is 1.95 bits per heavy atom. The molecule has 3 rings (SSSR count). The number of aryl methyl sites for hydroxylation is 1. The van der Waals surface area contributed by atoms with E-state index in [1.807, 2.05) is 0 Å². The van der Waals surface area contributed by atoms with E-state index in [9.17, 15) is 14.6 Å². The van der Waals surface area contributed by atoms with Gasteiger partial charge in [0.1, 0.15) is 5.82 Å². The van der Waals surface area contributed by atoms with Crippen LogP contribution in [0, 0.1) is 12.7 Å². The largest absolute Gasteiger partial charge is 0.504 e. The lowest BCUT2D eigenvalue weighted by Crippen LogP contribution is -1.86. The molecule has 0 bridgehead atoms. The first-order valence-corrected chi connectivity index (χ1v) is 6.18. The van der Waals surface area contributed by atoms with Gasteiger partial charge in [0.2, 0.25) is 5.82 Å². The summed E-state index contributed by atoms with van der Waals surface area (Å²) in [5, 5.41) is 23.0. The van der Waals surface area contributed by atoms with Gasteiger partial charge in [0.05, 0.1) is 5.56 Å². The van der Waals surface area contributed by atoms with Gasteiger partial charge in [-0.3, -0.25) is 0 Å². The molecular formula is C15H11FN2O3. The zero-order chi connectivity index (χ0) is 15.0. The van der Waals surface area contributed by atoms with E-state index in [2.05, 4.69) is 10.1 Å². The summed E-state index contributed by atoms with van der Waals surface area (Å²) in [5.74, 6) is -0.749. The number of aromatic nitrogens is 2. The van der Waals surface area contributed by atoms with Crippen LogP contribution in [0.15, 0.2) is 40.9 Å². The fourth-order valence-corrected chi connectivity index (χ4v) is 1.89. The fraction of sp³-hybridized carbons (Fsp3) is 0.0667. The smallest absolute Gasteiger partial charge is 0.262 e. The number of hydrogen-bond acceptors (Lipinski definition) is 5. The first kappa shape index (κ1) is 13.1. The molecule has 0 aliphatic carbocycles. The normalized spacial score (nSPS) is 10.8. The van der Waals surface area contributed by atoms with Crippen molar-refractivity contribution in [2.75, 3.05) is 0 Å². The molecule has 0 saturated carbocycles. The van der Waals surface area contributed by atoms with Crippen molar-refractivity contribution in [1.82, 2.24) is 10.1 Å². The third kappa shape index (κ3) is 2.31. The zero-order valence-corrected chi connectivity index (χ0v) is 11.0. The van der Waals surface area contributed by atoms with Crippen LogP contribution in [0.5, 0.6) is 11.5 Å². The Hall–Kier alpha value is -2.89. The minimum Gasteiger partial charge on any atom is -0.504 e. The lowest BCUT2D eigenvalue weighted by molar-refractivity contribution is 0.397. The molecule has 6 heteroatoms. The molecule has 2 N–H and O–H groups in total. The van der Waals surface area contributed by atoms with Gasteiger partial charge in [-0.2, -0.15) is 4.98 Å². The summed E-state index contributed by atoms with van der Waals surface area (Å²) >= 11 is 0. The van der Waals surface area contributed by atoms with E-state index in [1.54, 1.807) is 25.1 Å². The van der Waals surface area contributed by atoms with Gasteiger partial charge in [0, 0.05) is 5.56 Å². The van der Waals surface area contributed by atoms with Crippen molar-refractivity contribution < 1.29 is 19.1 Å². The van der Waals surface area contributed by atoms with Crippen molar-refractivity contribution in [1.29, 1.82) is 0 Å². The van der Waals surface area contributed by atoms with E-state index in [-0.39, 0.29) is 34.6 Å². The number of phenols is 2. The van der Waals surface area contributed by atoms with Crippen molar-refractivity contribution in [3.05, 3.63) is 47.8 Å². The molecule has 0 saturated heterocycles. The third-order valence-corrected chi connectivity index (χ3v) is 3.10. The first-order valence-electron chi connectivity index (χ1n) is 6.18. The van der Waals surface area contributed by atoms with Crippen LogP contribution in [0.1, 0.15) is 5.56 Å². The molecule has 0 unspecified atom stereocenters. The highest BCUT2D eigenvalue weighted by Crippen LogP contribution is 2.35. The summed E-state index contributed by atoms with van der Waals surface area (Å²) < 4.78 is 18.6. The van der Waals surface area contributed by atoms with Gasteiger partial charge in [-0.1, -0.05) is 23.4 Å². The lowest BCUT2D eigenvalue weighted by atomic mass is 10.1. The number of halogens is 1. The number of benzene rings is 2. The van der Waals surface area contributed by atoms with Crippen molar-refractivity contribution in [3.8, 4) is 34.3 Å². The first-order chi connectivity index (χ1) is 10.1. The van der Waals surface area contributed by atoms with Crippen LogP contribution in [0.25, 0.3) is 22.8 Å². The molecule has 3 aromatic rings. The molecule has 0 aliphatic rings. The second-order valence-corrected chi connectivity index (χ2v) is 4.56. The molecule has 5 nitrogen and oxygen atoms in total. The van der Waals surface area contributed by atoms with Gasteiger partial charge >= 0.3 is 0 Å². The van der Waals surface area contributed by atoms with E-state index < -0.39 is 0 Å². The van der Waals surface area contributed by atoms with E-state index in [0.29, 0.717) is 11.1 Å². The van der Waals surface area contributed by atoms with Gasteiger partial charge in [-0.25, -0.2) is 4.39 Å². The van der Waals surface area contributed by atoms with Crippen LogP contribution in [0.2, 0.25) is 0 Å². The molecule has 0 aliphatic heterocycles. The summed E-state index contributed by atoms with van der Waals surface area (Å²) in [4.78, 5) is 4.11. The Kier molecular flexibility index (Phi) is 3.06. The molecule has 1 aromatic heterocycles. The molecule has 0 spiro atoms. The summed E-state index contributed by atoms with van der Waals surface area (Å²) in [6, 6.07) is 9.02. The number of para-hydroxylation sites is 1. The summed E-state index contributed by atoms with van der Waals surface area (Å²) in [5.41, 5.74) is 1.20. The van der Waals surface area contributed by atoms with Crippen LogP contribution in [0.4, 0.5) is 4.39 Å². The Morgan fingerprint density at radius 1 is 1.14 bits per heavy atom. The molecule has 0 atom stereocenters. The van der Waals surface area contributed by atoms with Crippen molar-refractivity contribution in [3.63, 3.8) is 0 Å². The highest BCUT2D eigenvalue weighted by Gasteiger charge is 2.16. The fourth-order valence-electron chi connectivity index (χ4n) is 1.89. The Morgan fingerprint density at radius 3 is 2.71 bits per heavy atom. The number of hydrogen-bond donors (Lipinski definition) is 2. The minimum absolute atomic E-state index is 0.0411. The van der Waals surface area contributed by atoms with Crippen molar-refractivity contribution in [2.45, 2.75) is 6.92 Å². The van der Waals surface area contributed by atoms with E-state index in [4.69, 9.17) is 4.52 Å². The number of rotatable bonds is 2. The van der Waals surface area contributed by atoms with Crippen LogP contribution in [0.3, 0.4) is 0 Å². The number of aromatic hydroxyl groups is 2. The summed E-state index contributed by atoms with van der Waals surface area (Å²) in [6.45, 7) is 1.66. The zero-order valence-electron chi connectivity index (χ0n) is 11.0. The lowest BCUT2D eigenvalue weighted by Gasteiger charge is -2.00. The standard InChI is InChI=1S/C15H11FN2O3/c1-8-5-6-9(7-11(8)16)14-17-15(21-18-14)10-3-2-4-12(19)13(10)20/h2-7,19-20H,1H3. The monoisotopic (exact) mass is 286 g/mol. The molecule has 106 valence electrons.